The number of benzene rings is 2. The smallest absolute Gasteiger partial charge is 0.142 e. The molecule has 0 atom stereocenters. The molecule has 0 saturated carbocycles. The molecule has 0 radical (unpaired) electrons. The van der Waals surface area contributed by atoms with Crippen LogP contribution in [-0.4, -0.2) is 12.1 Å². The Hall–Kier alpha value is -2.74. The lowest BCUT2D eigenvalue weighted by molar-refractivity contribution is 0.415. The fourth-order valence-electron chi connectivity index (χ4n) is 2.51. The highest BCUT2D eigenvalue weighted by Gasteiger charge is 2.15. The summed E-state index contributed by atoms with van der Waals surface area (Å²) < 4.78 is 5.17. The van der Waals surface area contributed by atoms with Crippen molar-refractivity contribution in [3.05, 3.63) is 64.1 Å². The van der Waals surface area contributed by atoms with E-state index in [1.165, 1.54) is 0 Å². The van der Waals surface area contributed by atoms with Crippen molar-refractivity contribution >= 4 is 29.0 Å². The maximum atomic E-state index is 9.48. The van der Waals surface area contributed by atoms with Gasteiger partial charge in [-0.2, -0.15) is 5.26 Å². The van der Waals surface area contributed by atoms with Crippen LogP contribution in [0, 0.1) is 11.3 Å². The maximum absolute atomic E-state index is 9.48. The molecule has 0 saturated heterocycles. The van der Waals surface area contributed by atoms with E-state index in [9.17, 15) is 5.26 Å². The Bertz CT molecular complexity index is 979. The topological polar surface area (TPSA) is 71.9 Å². The minimum Gasteiger partial charge on any atom is -0.497 e. The van der Waals surface area contributed by atoms with Gasteiger partial charge in [0.05, 0.1) is 12.8 Å². The third-order valence-corrected chi connectivity index (χ3v) is 4.31. The number of hydrogen-bond acceptors (Lipinski definition) is 4. The number of pyridine rings is 1. The lowest BCUT2D eigenvalue weighted by atomic mass is 9.98. The van der Waals surface area contributed by atoms with Crippen molar-refractivity contribution in [1.82, 2.24) is 4.98 Å². The summed E-state index contributed by atoms with van der Waals surface area (Å²) in [6.45, 7) is 0. The Balaban J connectivity index is 2.20. The lowest BCUT2D eigenvalue weighted by Gasteiger charge is -2.12. The first-order valence-electron chi connectivity index (χ1n) is 7.34. The summed E-state index contributed by atoms with van der Waals surface area (Å²) >= 11 is 12.3. The Kier molecular flexibility index (Phi) is 4.80. The third-order valence-electron chi connectivity index (χ3n) is 3.77. The molecule has 4 nitrogen and oxygen atoms in total. The van der Waals surface area contributed by atoms with Gasteiger partial charge in [0.2, 0.25) is 0 Å². The van der Waals surface area contributed by atoms with Crippen LogP contribution in [0.3, 0.4) is 0 Å². The van der Waals surface area contributed by atoms with E-state index >= 15 is 0 Å². The number of aromatic nitrogens is 1. The van der Waals surface area contributed by atoms with Gasteiger partial charge < -0.3 is 10.5 Å². The first-order valence-corrected chi connectivity index (χ1v) is 8.09. The zero-order valence-corrected chi connectivity index (χ0v) is 14.8. The molecule has 0 spiro atoms. The van der Waals surface area contributed by atoms with Gasteiger partial charge in [-0.15, -0.1) is 0 Å². The summed E-state index contributed by atoms with van der Waals surface area (Å²) in [5.74, 6) is 0.892. The molecule has 124 valence electrons. The minimum atomic E-state index is 0.150. The Labute approximate surface area is 155 Å². The number of methoxy groups -OCH3 is 1. The molecule has 25 heavy (non-hydrogen) atoms. The molecule has 6 heteroatoms. The van der Waals surface area contributed by atoms with Crippen molar-refractivity contribution < 1.29 is 4.74 Å². The molecular formula is C19H13Cl2N3O. The fourth-order valence-corrected chi connectivity index (χ4v) is 3.02. The third kappa shape index (κ3) is 3.39. The maximum Gasteiger partial charge on any atom is 0.142 e. The highest BCUT2D eigenvalue weighted by atomic mass is 35.5. The quantitative estimate of drug-likeness (QED) is 0.689. The van der Waals surface area contributed by atoms with Gasteiger partial charge in [0.25, 0.3) is 0 Å². The fraction of sp³-hybridized carbons (Fsp3) is 0.0526. The molecule has 0 unspecified atom stereocenters. The van der Waals surface area contributed by atoms with Crippen LogP contribution in [-0.2, 0) is 0 Å². The highest BCUT2D eigenvalue weighted by molar-refractivity contribution is 6.36. The zero-order chi connectivity index (χ0) is 18.0. The monoisotopic (exact) mass is 369 g/mol. The van der Waals surface area contributed by atoms with E-state index in [-0.39, 0.29) is 11.4 Å². The zero-order valence-electron chi connectivity index (χ0n) is 13.3. The molecule has 0 aliphatic carbocycles. The molecule has 0 fully saturated rings. The molecule has 0 bridgehead atoms. The van der Waals surface area contributed by atoms with Crippen LogP contribution in [0.5, 0.6) is 5.75 Å². The van der Waals surface area contributed by atoms with Gasteiger partial charge in [-0.3, -0.25) is 0 Å². The van der Waals surface area contributed by atoms with E-state index in [2.05, 4.69) is 11.1 Å². The summed E-state index contributed by atoms with van der Waals surface area (Å²) in [5.41, 5.74) is 9.07. The summed E-state index contributed by atoms with van der Waals surface area (Å²) in [6, 6.07) is 16.4. The standard InChI is InChI=1S/C19H13Cl2N3O/c1-25-13-5-2-11(3-6-13)18-9-15(16(10-22)19(23)24-18)14-7-4-12(20)8-17(14)21/h2-9H,1H3,(H2,23,24). The van der Waals surface area contributed by atoms with E-state index in [0.29, 0.717) is 26.9 Å². The van der Waals surface area contributed by atoms with Gasteiger partial charge in [0, 0.05) is 26.7 Å². The predicted octanol–water partition coefficient (Wildman–Crippen LogP) is 5.18. The average molecular weight is 370 g/mol. The number of nitrogens with zero attached hydrogens (tertiary/aromatic N) is 2. The van der Waals surface area contributed by atoms with Crippen LogP contribution in [0.15, 0.2) is 48.5 Å². The number of anilines is 1. The number of hydrogen-bond donors (Lipinski definition) is 1. The van der Waals surface area contributed by atoms with Gasteiger partial charge in [0.15, 0.2) is 0 Å². The number of rotatable bonds is 3. The second kappa shape index (κ2) is 7.02. The minimum absolute atomic E-state index is 0.150. The van der Waals surface area contributed by atoms with E-state index in [0.717, 1.165) is 11.3 Å². The molecule has 1 aromatic heterocycles. The number of halogens is 2. The van der Waals surface area contributed by atoms with Crippen LogP contribution in [0.4, 0.5) is 5.82 Å². The van der Waals surface area contributed by atoms with Crippen molar-refractivity contribution in [2.24, 2.45) is 0 Å². The molecule has 2 aromatic carbocycles. The Morgan fingerprint density at radius 2 is 1.76 bits per heavy atom. The Morgan fingerprint density at radius 1 is 1.04 bits per heavy atom. The van der Waals surface area contributed by atoms with Gasteiger partial charge in [-0.25, -0.2) is 4.98 Å². The van der Waals surface area contributed by atoms with Crippen molar-refractivity contribution in [1.29, 1.82) is 5.26 Å². The largest absolute Gasteiger partial charge is 0.497 e. The number of nitrogens with two attached hydrogens (primary N) is 1. The van der Waals surface area contributed by atoms with Gasteiger partial charge in [0.1, 0.15) is 23.2 Å². The first-order chi connectivity index (χ1) is 12.0. The van der Waals surface area contributed by atoms with E-state index < -0.39 is 0 Å². The van der Waals surface area contributed by atoms with Gasteiger partial charge in [-0.1, -0.05) is 29.3 Å². The molecule has 0 amide bonds. The first kappa shape index (κ1) is 17.1. The Morgan fingerprint density at radius 3 is 2.36 bits per heavy atom. The van der Waals surface area contributed by atoms with Crippen LogP contribution < -0.4 is 10.5 Å². The summed E-state index contributed by atoms with van der Waals surface area (Å²) in [7, 11) is 1.60. The van der Waals surface area contributed by atoms with E-state index in [1.807, 2.05) is 24.3 Å². The molecule has 0 aliphatic heterocycles. The van der Waals surface area contributed by atoms with Crippen molar-refractivity contribution in [2.45, 2.75) is 0 Å². The van der Waals surface area contributed by atoms with Crippen LogP contribution in [0.25, 0.3) is 22.4 Å². The molecule has 3 rings (SSSR count). The van der Waals surface area contributed by atoms with Crippen molar-refractivity contribution in [3.63, 3.8) is 0 Å². The van der Waals surface area contributed by atoms with Crippen LogP contribution in [0.1, 0.15) is 5.56 Å². The van der Waals surface area contributed by atoms with Gasteiger partial charge in [-0.05, 0) is 42.5 Å². The molecule has 1 heterocycles. The highest BCUT2D eigenvalue weighted by Crippen LogP contribution is 2.36. The van der Waals surface area contributed by atoms with E-state index in [1.54, 1.807) is 31.4 Å². The normalized spacial score (nSPS) is 10.3. The summed E-state index contributed by atoms with van der Waals surface area (Å²) in [6.07, 6.45) is 0. The number of nitrogen functional groups attached to an aromatic ring is 1. The number of ether oxygens (including phenoxy) is 1. The summed E-state index contributed by atoms with van der Waals surface area (Å²) in [4.78, 5) is 4.35. The second-order valence-electron chi connectivity index (χ2n) is 5.28. The second-order valence-corrected chi connectivity index (χ2v) is 6.12. The summed E-state index contributed by atoms with van der Waals surface area (Å²) in [5, 5.41) is 10.4. The molecular weight excluding hydrogens is 357 g/mol. The van der Waals surface area contributed by atoms with Crippen LogP contribution in [0.2, 0.25) is 10.0 Å². The molecule has 0 aliphatic rings. The molecule has 3 aromatic rings. The molecule has 2 N–H and O–H groups in total. The van der Waals surface area contributed by atoms with Crippen molar-refractivity contribution in [3.8, 4) is 34.2 Å². The van der Waals surface area contributed by atoms with E-state index in [4.69, 9.17) is 33.7 Å². The average Bonchev–Trinajstić information content (AvgIpc) is 2.61. The van der Waals surface area contributed by atoms with Crippen LogP contribution >= 0.6 is 23.2 Å². The SMILES string of the molecule is COc1ccc(-c2cc(-c3ccc(Cl)cc3Cl)c(C#N)c(N)n2)cc1. The lowest BCUT2D eigenvalue weighted by Crippen LogP contribution is -2.00. The predicted molar refractivity (Wildman–Crippen MR) is 101 cm³/mol. The number of nitriles is 1. The van der Waals surface area contributed by atoms with Gasteiger partial charge >= 0.3 is 0 Å². The van der Waals surface area contributed by atoms with Crippen molar-refractivity contribution in [2.75, 3.05) is 12.8 Å².